The van der Waals surface area contributed by atoms with Crippen molar-refractivity contribution in [3.63, 3.8) is 0 Å². The Morgan fingerprint density at radius 3 is 2.46 bits per heavy atom. The van der Waals surface area contributed by atoms with E-state index >= 15 is 0 Å². The first kappa shape index (κ1) is 28.8. The predicted octanol–water partition coefficient (Wildman–Crippen LogP) is 6.55. The summed E-state index contributed by atoms with van der Waals surface area (Å²) < 4.78 is 34.1. The van der Waals surface area contributed by atoms with Crippen LogP contribution in [0.4, 0.5) is 5.69 Å². The second kappa shape index (κ2) is 12.8. The molecular formula is C31H34N4O4S2. The summed E-state index contributed by atoms with van der Waals surface area (Å²) in [5, 5.41) is 9.80. The van der Waals surface area contributed by atoms with Crippen LogP contribution in [0.5, 0.6) is 10.9 Å². The molecule has 0 spiro atoms. The summed E-state index contributed by atoms with van der Waals surface area (Å²) in [6, 6.07) is 22.3. The highest BCUT2D eigenvalue weighted by Crippen LogP contribution is 2.32. The second-order valence-electron chi connectivity index (χ2n) is 10.3. The Kier molecular flexibility index (Phi) is 8.99. The van der Waals surface area contributed by atoms with E-state index < -0.39 is 10.0 Å². The van der Waals surface area contributed by atoms with Gasteiger partial charge in [-0.25, -0.2) is 8.42 Å². The van der Waals surface area contributed by atoms with Crippen molar-refractivity contribution >= 4 is 33.0 Å². The average Bonchev–Trinajstić information content (AvgIpc) is 3.41. The number of sulfonamides is 1. The Labute approximate surface area is 245 Å². The number of hydrogen-bond acceptors (Lipinski definition) is 7. The van der Waals surface area contributed by atoms with Crippen LogP contribution in [0.25, 0.3) is 0 Å². The fourth-order valence-corrected chi connectivity index (χ4v) is 7.03. The normalized spacial score (nSPS) is 14.1. The molecule has 1 aromatic heterocycles. The van der Waals surface area contributed by atoms with E-state index in [1.165, 1.54) is 16.9 Å². The Morgan fingerprint density at radius 2 is 1.76 bits per heavy atom. The largest absolute Gasteiger partial charge is 0.430 e. The Bertz CT molecular complexity index is 1580. The van der Waals surface area contributed by atoms with Crippen LogP contribution >= 0.6 is 11.3 Å². The van der Waals surface area contributed by atoms with Crippen molar-refractivity contribution in [2.24, 2.45) is 0 Å². The highest BCUT2D eigenvalue weighted by atomic mass is 32.2. The third-order valence-corrected chi connectivity index (χ3v) is 9.31. The van der Waals surface area contributed by atoms with Gasteiger partial charge in [0.1, 0.15) is 10.8 Å². The number of piperidine rings is 1. The van der Waals surface area contributed by atoms with Crippen molar-refractivity contribution in [3.8, 4) is 10.9 Å². The summed E-state index contributed by atoms with van der Waals surface area (Å²) in [7, 11) is -3.63. The quantitative estimate of drug-likeness (QED) is 0.225. The molecule has 5 rings (SSSR count). The summed E-state index contributed by atoms with van der Waals surface area (Å²) in [4.78, 5) is 15.2. The number of carbonyl (C=O) groups excluding carboxylic acids is 1. The van der Waals surface area contributed by atoms with Crippen molar-refractivity contribution in [1.82, 2.24) is 15.1 Å². The lowest BCUT2D eigenvalue weighted by Crippen LogP contribution is -2.38. The summed E-state index contributed by atoms with van der Waals surface area (Å²) >= 11 is 1.47. The molecule has 1 fully saturated rings. The molecular weight excluding hydrogens is 556 g/mol. The zero-order valence-corrected chi connectivity index (χ0v) is 24.9. The minimum Gasteiger partial charge on any atom is -0.430 e. The molecule has 0 bridgehead atoms. The minimum atomic E-state index is -3.63. The molecule has 0 radical (unpaired) electrons. The van der Waals surface area contributed by atoms with Crippen LogP contribution in [-0.4, -0.2) is 42.5 Å². The maximum Gasteiger partial charge on any atom is 0.299 e. The topological polar surface area (TPSA) is 101 Å². The summed E-state index contributed by atoms with van der Waals surface area (Å²) in [5.41, 5.74) is 3.59. The third-order valence-electron chi connectivity index (χ3n) is 7.20. The molecule has 1 amide bonds. The lowest BCUT2D eigenvalue weighted by atomic mass is 9.89. The Morgan fingerprint density at radius 1 is 1.02 bits per heavy atom. The van der Waals surface area contributed by atoms with E-state index in [9.17, 15) is 13.2 Å². The van der Waals surface area contributed by atoms with Crippen LogP contribution in [0.1, 0.15) is 64.2 Å². The van der Waals surface area contributed by atoms with E-state index in [-0.39, 0.29) is 11.7 Å². The van der Waals surface area contributed by atoms with Crippen molar-refractivity contribution in [3.05, 3.63) is 100 Å². The molecule has 3 aromatic carbocycles. The number of likely N-dealkylation sites (tertiary alicyclic amines) is 1. The molecule has 10 heteroatoms. The van der Waals surface area contributed by atoms with Crippen LogP contribution in [0.15, 0.2) is 72.8 Å². The number of aryl methyl sites for hydroxylation is 2. The number of nitrogens with one attached hydrogen (secondary N) is 1. The van der Waals surface area contributed by atoms with Gasteiger partial charge in [0.25, 0.3) is 11.1 Å². The van der Waals surface area contributed by atoms with Crippen LogP contribution in [0.2, 0.25) is 0 Å². The molecule has 8 nitrogen and oxygen atoms in total. The number of benzene rings is 3. The number of ether oxygens (including phenoxy) is 1. The van der Waals surface area contributed by atoms with E-state index in [0.717, 1.165) is 42.0 Å². The zero-order valence-electron chi connectivity index (χ0n) is 23.2. The first-order valence-electron chi connectivity index (χ1n) is 13.8. The van der Waals surface area contributed by atoms with Crippen molar-refractivity contribution < 1.29 is 17.9 Å². The van der Waals surface area contributed by atoms with Crippen LogP contribution in [-0.2, 0) is 22.2 Å². The van der Waals surface area contributed by atoms with Gasteiger partial charge in [-0.3, -0.25) is 9.52 Å². The van der Waals surface area contributed by atoms with Gasteiger partial charge in [0.05, 0.1) is 11.4 Å². The van der Waals surface area contributed by atoms with Crippen molar-refractivity contribution in [1.29, 1.82) is 0 Å². The van der Waals surface area contributed by atoms with Gasteiger partial charge in [-0.1, -0.05) is 71.9 Å². The van der Waals surface area contributed by atoms with Crippen molar-refractivity contribution in [2.45, 2.75) is 51.2 Å². The number of nitrogens with zero attached hydrogens (tertiary/aromatic N) is 3. The molecule has 4 aromatic rings. The smallest absolute Gasteiger partial charge is 0.299 e. The molecule has 0 saturated carbocycles. The molecule has 2 heterocycles. The molecule has 1 aliphatic rings. The lowest BCUT2D eigenvalue weighted by Gasteiger charge is -2.32. The van der Waals surface area contributed by atoms with Gasteiger partial charge in [0.2, 0.25) is 10.0 Å². The molecule has 0 aliphatic carbocycles. The van der Waals surface area contributed by atoms with E-state index in [1.807, 2.05) is 42.2 Å². The zero-order chi connectivity index (χ0) is 28.8. The predicted molar refractivity (Wildman–Crippen MR) is 162 cm³/mol. The fourth-order valence-electron chi connectivity index (χ4n) is 4.96. The van der Waals surface area contributed by atoms with Gasteiger partial charge in [-0.2, -0.15) is 0 Å². The highest BCUT2D eigenvalue weighted by Gasteiger charge is 2.25. The Hall–Kier alpha value is -3.76. The van der Waals surface area contributed by atoms with Gasteiger partial charge < -0.3 is 9.64 Å². The van der Waals surface area contributed by atoms with Gasteiger partial charge >= 0.3 is 0 Å². The van der Waals surface area contributed by atoms with Crippen LogP contribution < -0.4 is 9.46 Å². The van der Waals surface area contributed by atoms with E-state index in [4.69, 9.17) is 4.74 Å². The van der Waals surface area contributed by atoms with E-state index in [1.54, 1.807) is 30.3 Å². The summed E-state index contributed by atoms with van der Waals surface area (Å²) in [6.07, 6.45) is 3.63. The highest BCUT2D eigenvalue weighted by molar-refractivity contribution is 7.91. The first-order chi connectivity index (χ1) is 19.8. The van der Waals surface area contributed by atoms with Gasteiger partial charge in [0.15, 0.2) is 0 Å². The maximum absolute atomic E-state index is 13.3. The number of carbonyl (C=O) groups is 1. The molecule has 1 saturated heterocycles. The Balaban J connectivity index is 1.17. The number of rotatable bonds is 10. The average molecular weight is 591 g/mol. The summed E-state index contributed by atoms with van der Waals surface area (Å²) in [6.45, 7) is 5.21. The second-order valence-corrected chi connectivity index (χ2v) is 13.1. The number of aromatic nitrogens is 2. The summed E-state index contributed by atoms with van der Waals surface area (Å²) in [5.74, 6) is 0.864. The molecule has 1 N–H and O–H groups in total. The molecule has 214 valence electrons. The van der Waals surface area contributed by atoms with Gasteiger partial charge in [0, 0.05) is 25.1 Å². The monoisotopic (exact) mass is 590 g/mol. The van der Waals surface area contributed by atoms with Crippen LogP contribution in [0.3, 0.4) is 0 Å². The number of amides is 1. The van der Waals surface area contributed by atoms with Gasteiger partial charge in [-0.05, 0) is 73.1 Å². The SMILES string of the molecule is CCCc1nnc(Oc2ccc(C3CCN(C(=O)c4ccc(C)c(NS(=O)(=O)Cc5ccccc5)c4)CC3)cc2)s1. The lowest BCUT2D eigenvalue weighted by molar-refractivity contribution is 0.0713. The molecule has 41 heavy (non-hydrogen) atoms. The molecule has 0 unspecified atom stereocenters. The van der Waals surface area contributed by atoms with E-state index in [2.05, 4.69) is 34.0 Å². The fraction of sp³-hybridized carbons (Fsp3) is 0.323. The van der Waals surface area contributed by atoms with Crippen molar-refractivity contribution in [2.75, 3.05) is 17.8 Å². The standard InChI is InChI=1S/C31H34N4O4S2/c1-3-7-29-32-33-31(40-29)39-27-14-12-24(13-15-27)25-16-18-35(19-17-25)30(36)26-11-10-22(2)28(20-26)34-41(37,38)21-23-8-5-4-6-9-23/h4-6,8-15,20,25,34H,3,7,16-19,21H2,1-2H3. The number of hydrogen-bond donors (Lipinski definition) is 1. The van der Waals surface area contributed by atoms with E-state index in [0.29, 0.717) is 41.0 Å². The molecule has 0 atom stereocenters. The minimum absolute atomic E-state index is 0.0878. The molecule has 1 aliphatic heterocycles. The van der Waals surface area contributed by atoms with Gasteiger partial charge in [-0.15, -0.1) is 5.10 Å². The van der Waals surface area contributed by atoms with Crippen LogP contribution in [0, 0.1) is 6.92 Å². The third kappa shape index (κ3) is 7.51. The first-order valence-corrected chi connectivity index (χ1v) is 16.3. The maximum atomic E-state index is 13.3. The number of anilines is 1.